The molecule has 2 aromatic carbocycles. The van der Waals surface area contributed by atoms with Crippen LogP contribution in [-0.4, -0.2) is 49.1 Å². The third-order valence-corrected chi connectivity index (χ3v) is 7.25. The standard InChI is InChI=1S/C23H26N2O4S/c1-16-8-10-19(11-9-16)30(27,28)22-14-24(21-7-5-4-6-20(21)22)15-23(26)25-12-17(2)29-18(3)13-25/h4-11,14,17-18H,12-13,15H2,1-3H3. The van der Waals surface area contributed by atoms with Crippen LogP contribution in [0.2, 0.25) is 0 Å². The molecule has 3 aromatic rings. The monoisotopic (exact) mass is 426 g/mol. The van der Waals surface area contributed by atoms with Gasteiger partial charge in [0.25, 0.3) is 0 Å². The van der Waals surface area contributed by atoms with Crippen molar-refractivity contribution in [1.29, 1.82) is 0 Å². The second-order valence-electron chi connectivity index (χ2n) is 8.01. The normalized spacial score (nSPS) is 19.9. The van der Waals surface area contributed by atoms with Crippen LogP contribution in [0.15, 0.2) is 64.5 Å². The minimum Gasteiger partial charge on any atom is -0.372 e. The summed E-state index contributed by atoms with van der Waals surface area (Å²) in [6.07, 6.45) is 1.55. The number of morpholine rings is 1. The van der Waals surface area contributed by atoms with Gasteiger partial charge in [0.2, 0.25) is 15.7 Å². The summed E-state index contributed by atoms with van der Waals surface area (Å²) in [6, 6.07) is 14.1. The molecule has 2 heterocycles. The Kier molecular flexibility index (Phi) is 5.42. The predicted octanol–water partition coefficient (Wildman–Crippen LogP) is 3.42. The van der Waals surface area contributed by atoms with Crippen molar-refractivity contribution < 1.29 is 17.9 Å². The predicted molar refractivity (Wildman–Crippen MR) is 115 cm³/mol. The number of aromatic nitrogens is 1. The molecule has 1 aliphatic rings. The first-order chi connectivity index (χ1) is 14.3. The van der Waals surface area contributed by atoms with Crippen LogP contribution in [-0.2, 0) is 25.9 Å². The minimum absolute atomic E-state index is 0.0171. The van der Waals surface area contributed by atoms with Crippen molar-refractivity contribution in [3.63, 3.8) is 0 Å². The first kappa shape index (κ1) is 20.6. The number of sulfone groups is 1. The maximum Gasteiger partial charge on any atom is 0.242 e. The van der Waals surface area contributed by atoms with Crippen LogP contribution in [0, 0.1) is 6.92 Å². The number of rotatable bonds is 4. The zero-order valence-corrected chi connectivity index (χ0v) is 18.2. The summed E-state index contributed by atoms with van der Waals surface area (Å²) < 4.78 is 34.1. The van der Waals surface area contributed by atoms with Crippen molar-refractivity contribution in [2.75, 3.05) is 13.1 Å². The summed E-state index contributed by atoms with van der Waals surface area (Å²) >= 11 is 0. The number of ether oxygens (including phenoxy) is 1. The summed E-state index contributed by atoms with van der Waals surface area (Å²) in [5, 5.41) is 0.620. The molecular formula is C23H26N2O4S. The van der Waals surface area contributed by atoms with E-state index in [0.717, 1.165) is 11.1 Å². The molecule has 0 radical (unpaired) electrons. The third-order valence-electron chi connectivity index (χ3n) is 5.45. The molecule has 1 saturated heterocycles. The summed E-state index contributed by atoms with van der Waals surface area (Å²) in [4.78, 5) is 15.2. The summed E-state index contributed by atoms with van der Waals surface area (Å²) in [5.74, 6) is -0.0444. The van der Waals surface area contributed by atoms with Crippen molar-refractivity contribution >= 4 is 26.6 Å². The molecule has 6 nitrogen and oxygen atoms in total. The maximum absolute atomic E-state index is 13.3. The van der Waals surface area contributed by atoms with Gasteiger partial charge in [-0.05, 0) is 39.0 Å². The number of hydrogen-bond acceptors (Lipinski definition) is 4. The Morgan fingerprint density at radius 3 is 2.33 bits per heavy atom. The number of fused-ring (bicyclic) bond motifs is 1. The average molecular weight is 427 g/mol. The van der Waals surface area contributed by atoms with E-state index >= 15 is 0 Å². The molecule has 2 atom stereocenters. The Balaban J connectivity index is 1.71. The fraction of sp³-hybridized carbons (Fsp3) is 0.348. The molecule has 4 rings (SSSR count). The van der Waals surface area contributed by atoms with Gasteiger partial charge in [0.05, 0.1) is 22.0 Å². The molecule has 158 valence electrons. The molecule has 0 N–H and O–H groups in total. The Hall–Kier alpha value is -2.64. The van der Waals surface area contributed by atoms with Gasteiger partial charge in [0.15, 0.2) is 0 Å². The number of carbonyl (C=O) groups is 1. The zero-order chi connectivity index (χ0) is 21.5. The van der Waals surface area contributed by atoms with Gasteiger partial charge in [-0.1, -0.05) is 35.9 Å². The van der Waals surface area contributed by atoms with E-state index in [1.807, 2.05) is 39.0 Å². The summed E-state index contributed by atoms with van der Waals surface area (Å²) in [7, 11) is -3.71. The molecule has 2 unspecified atom stereocenters. The number of hydrogen-bond donors (Lipinski definition) is 0. The lowest BCUT2D eigenvalue weighted by molar-refractivity contribution is -0.143. The van der Waals surface area contributed by atoms with E-state index in [9.17, 15) is 13.2 Å². The van der Waals surface area contributed by atoms with Gasteiger partial charge in [0.1, 0.15) is 6.54 Å². The van der Waals surface area contributed by atoms with Crippen molar-refractivity contribution in [2.24, 2.45) is 0 Å². The van der Waals surface area contributed by atoms with Gasteiger partial charge < -0.3 is 14.2 Å². The van der Waals surface area contributed by atoms with E-state index in [0.29, 0.717) is 18.5 Å². The van der Waals surface area contributed by atoms with E-state index in [4.69, 9.17) is 4.74 Å². The Labute approximate surface area is 177 Å². The number of aryl methyl sites for hydroxylation is 1. The first-order valence-electron chi connectivity index (χ1n) is 10.1. The number of amides is 1. The van der Waals surface area contributed by atoms with Crippen molar-refractivity contribution in [3.05, 3.63) is 60.3 Å². The molecular weight excluding hydrogens is 400 g/mol. The fourth-order valence-electron chi connectivity index (χ4n) is 4.03. The van der Waals surface area contributed by atoms with Gasteiger partial charge in [-0.15, -0.1) is 0 Å². The highest BCUT2D eigenvalue weighted by molar-refractivity contribution is 7.91. The minimum atomic E-state index is -3.71. The van der Waals surface area contributed by atoms with Crippen LogP contribution in [0.4, 0.5) is 0 Å². The van der Waals surface area contributed by atoms with E-state index in [1.54, 1.807) is 46.0 Å². The summed E-state index contributed by atoms with van der Waals surface area (Å²) in [6.45, 7) is 6.99. The largest absolute Gasteiger partial charge is 0.372 e. The number of para-hydroxylation sites is 1. The van der Waals surface area contributed by atoms with Crippen LogP contribution in [0.5, 0.6) is 0 Å². The molecule has 1 amide bonds. The van der Waals surface area contributed by atoms with E-state index in [-0.39, 0.29) is 34.5 Å². The zero-order valence-electron chi connectivity index (χ0n) is 17.4. The Bertz CT molecular complexity index is 1170. The second-order valence-corrected chi connectivity index (χ2v) is 9.93. The number of carbonyl (C=O) groups excluding carboxylic acids is 1. The van der Waals surface area contributed by atoms with E-state index in [2.05, 4.69) is 0 Å². The van der Waals surface area contributed by atoms with Crippen LogP contribution < -0.4 is 0 Å². The van der Waals surface area contributed by atoms with Crippen molar-refractivity contribution in [3.8, 4) is 0 Å². The van der Waals surface area contributed by atoms with E-state index < -0.39 is 9.84 Å². The second kappa shape index (κ2) is 7.89. The lowest BCUT2D eigenvalue weighted by Crippen LogP contribution is -2.49. The van der Waals surface area contributed by atoms with E-state index in [1.165, 1.54) is 0 Å². The Morgan fingerprint density at radius 2 is 1.67 bits per heavy atom. The molecule has 1 fully saturated rings. The number of nitrogens with zero attached hydrogens (tertiary/aromatic N) is 2. The molecule has 0 aliphatic carbocycles. The molecule has 0 saturated carbocycles. The highest BCUT2D eigenvalue weighted by Crippen LogP contribution is 2.30. The van der Waals surface area contributed by atoms with Crippen LogP contribution in [0.1, 0.15) is 19.4 Å². The van der Waals surface area contributed by atoms with Crippen LogP contribution in [0.3, 0.4) is 0 Å². The molecule has 0 bridgehead atoms. The molecule has 30 heavy (non-hydrogen) atoms. The fourth-order valence-corrected chi connectivity index (χ4v) is 5.51. The highest BCUT2D eigenvalue weighted by Gasteiger charge is 2.28. The van der Waals surface area contributed by atoms with Gasteiger partial charge in [-0.3, -0.25) is 4.79 Å². The smallest absolute Gasteiger partial charge is 0.242 e. The maximum atomic E-state index is 13.3. The SMILES string of the molecule is Cc1ccc(S(=O)(=O)c2cn(CC(=O)N3CC(C)OC(C)C3)c3ccccc23)cc1. The molecule has 1 aliphatic heterocycles. The average Bonchev–Trinajstić information content (AvgIpc) is 3.07. The third kappa shape index (κ3) is 3.87. The Morgan fingerprint density at radius 1 is 1.03 bits per heavy atom. The van der Waals surface area contributed by atoms with Gasteiger partial charge in [-0.25, -0.2) is 8.42 Å². The molecule has 1 aromatic heterocycles. The van der Waals surface area contributed by atoms with Gasteiger partial charge >= 0.3 is 0 Å². The lowest BCUT2D eigenvalue weighted by Gasteiger charge is -2.35. The lowest BCUT2D eigenvalue weighted by atomic mass is 10.2. The number of benzene rings is 2. The van der Waals surface area contributed by atoms with Crippen LogP contribution in [0.25, 0.3) is 10.9 Å². The summed E-state index contributed by atoms with van der Waals surface area (Å²) in [5.41, 5.74) is 1.72. The first-order valence-corrected chi connectivity index (χ1v) is 11.6. The van der Waals surface area contributed by atoms with Crippen molar-refractivity contribution in [2.45, 2.75) is 49.3 Å². The van der Waals surface area contributed by atoms with Gasteiger partial charge in [0, 0.05) is 30.2 Å². The highest BCUT2D eigenvalue weighted by atomic mass is 32.2. The van der Waals surface area contributed by atoms with Crippen molar-refractivity contribution in [1.82, 2.24) is 9.47 Å². The van der Waals surface area contributed by atoms with Gasteiger partial charge in [-0.2, -0.15) is 0 Å². The topological polar surface area (TPSA) is 68.6 Å². The van der Waals surface area contributed by atoms with Crippen LogP contribution >= 0.6 is 0 Å². The quantitative estimate of drug-likeness (QED) is 0.641. The molecule has 7 heteroatoms. The molecule has 0 spiro atoms.